The predicted octanol–water partition coefficient (Wildman–Crippen LogP) is -0.428. The Balaban J connectivity index is 0.00000361. The molecule has 1 rings (SSSR count). The van der Waals surface area contributed by atoms with E-state index in [0.29, 0.717) is 32.3 Å². The standard InChI is InChI=1S/C11H23N3O4S.HI/c1-12-11(13-4-7-19(3,15)16)14-5-6-18-10(8-14)9-17-2;/h10H,4-9H2,1-3H3,(H,12,13);1H. The van der Waals surface area contributed by atoms with Gasteiger partial charge >= 0.3 is 0 Å². The van der Waals surface area contributed by atoms with E-state index in [0.717, 1.165) is 6.54 Å². The number of hydrogen-bond donors (Lipinski definition) is 1. The summed E-state index contributed by atoms with van der Waals surface area (Å²) in [6.45, 7) is 2.93. The number of ether oxygens (including phenoxy) is 2. The molecule has 1 atom stereocenters. The molecule has 1 aliphatic rings. The second-order valence-corrected chi connectivity index (χ2v) is 6.76. The monoisotopic (exact) mass is 421 g/mol. The highest BCUT2D eigenvalue weighted by atomic mass is 127. The van der Waals surface area contributed by atoms with Crippen LogP contribution in [0.5, 0.6) is 0 Å². The van der Waals surface area contributed by atoms with Crippen LogP contribution in [-0.4, -0.2) is 84.4 Å². The van der Waals surface area contributed by atoms with Crippen LogP contribution in [0.1, 0.15) is 0 Å². The van der Waals surface area contributed by atoms with Crippen molar-refractivity contribution in [3.05, 3.63) is 0 Å². The molecular formula is C11H24IN3O4S. The van der Waals surface area contributed by atoms with Crippen LogP contribution in [0.2, 0.25) is 0 Å². The van der Waals surface area contributed by atoms with Crippen molar-refractivity contribution in [3.8, 4) is 0 Å². The second-order valence-electron chi connectivity index (χ2n) is 4.50. The molecule has 1 N–H and O–H groups in total. The number of hydrogen-bond acceptors (Lipinski definition) is 5. The molecule has 0 saturated carbocycles. The fraction of sp³-hybridized carbons (Fsp3) is 0.909. The van der Waals surface area contributed by atoms with E-state index >= 15 is 0 Å². The number of nitrogens with zero attached hydrogens (tertiary/aromatic N) is 2. The van der Waals surface area contributed by atoms with Gasteiger partial charge in [0.05, 0.1) is 25.1 Å². The third-order valence-electron chi connectivity index (χ3n) is 2.76. The predicted molar refractivity (Wildman–Crippen MR) is 89.7 cm³/mol. The van der Waals surface area contributed by atoms with Crippen molar-refractivity contribution in [3.63, 3.8) is 0 Å². The fourth-order valence-corrected chi connectivity index (χ4v) is 2.35. The molecular weight excluding hydrogens is 397 g/mol. The Morgan fingerprint density at radius 1 is 1.55 bits per heavy atom. The van der Waals surface area contributed by atoms with Crippen molar-refractivity contribution in [2.45, 2.75) is 6.10 Å². The van der Waals surface area contributed by atoms with Crippen LogP contribution in [0.15, 0.2) is 4.99 Å². The van der Waals surface area contributed by atoms with Crippen molar-refractivity contribution in [2.75, 3.05) is 59.0 Å². The van der Waals surface area contributed by atoms with Gasteiger partial charge in [-0.05, 0) is 0 Å². The Hall–Kier alpha value is -0.130. The number of aliphatic imine (C=N–C) groups is 1. The molecule has 1 unspecified atom stereocenters. The molecule has 9 heteroatoms. The summed E-state index contributed by atoms with van der Waals surface area (Å²) in [6, 6.07) is 0. The molecule has 0 spiro atoms. The number of sulfone groups is 1. The molecule has 0 aromatic rings. The zero-order chi connectivity index (χ0) is 14.3. The van der Waals surface area contributed by atoms with Gasteiger partial charge in [-0.2, -0.15) is 0 Å². The second kappa shape index (κ2) is 9.74. The molecule has 0 aromatic heterocycles. The van der Waals surface area contributed by atoms with Crippen LogP contribution in [0.25, 0.3) is 0 Å². The Labute approximate surface area is 138 Å². The highest BCUT2D eigenvalue weighted by Crippen LogP contribution is 2.05. The lowest BCUT2D eigenvalue weighted by Gasteiger charge is -2.34. The van der Waals surface area contributed by atoms with Crippen LogP contribution in [0.4, 0.5) is 0 Å². The molecule has 1 heterocycles. The molecule has 0 bridgehead atoms. The molecule has 0 radical (unpaired) electrons. The summed E-state index contributed by atoms with van der Waals surface area (Å²) in [6.07, 6.45) is 1.24. The molecule has 20 heavy (non-hydrogen) atoms. The Morgan fingerprint density at radius 2 is 2.25 bits per heavy atom. The number of nitrogens with one attached hydrogen (secondary N) is 1. The molecule has 1 fully saturated rings. The van der Waals surface area contributed by atoms with Crippen molar-refractivity contribution in [1.82, 2.24) is 10.2 Å². The van der Waals surface area contributed by atoms with E-state index in [-0.39, 0.29) is 35.8 Å². The van der Waals surface area contributed by atoms with Crippen molar-refractivity contribution >= 4 is 39.8 Å². The largest absolute Gasteiger partial charge is 0.382 e. The topological polar surface area (TPSA) is 80.2 Å². The number of halogens is 1. The van der Waals surface area contributed by atoms with Crippen LogP contribution >= 0.6 is 24.0 Å². The molecule has 0 amide bonds. The molecule has 0 aromatic carbocycles. The van der Waals surface area contributed by atoms with Gasteiger partial charge < -0.3 is 19.7 Å². The first kappa shape index (κ1) is 19.9. The van der Waals surface area contributed by atoms with Gasteiger partial charge in [0, 0.05) is 40.0 Å². The lowest BCUT2D eigenvalue weighted by molar-refractivity contribution is -0.0447. The summed E-state index contributed by atoms with van der Waals surface area (Å²) >= 11 is 0. The lowest BCUT2D eigenvalue weighted by atomic mass is 10.3. The zero-order valence-corrected chi connectivity index (χ0v) is 15.3. The lowest BCUT2D eigenvalue weighted by Crippen LogP contribution is -2.52. The van der Waals surface area contributed by atoms with Crippen LogP contribution in [-0.2, 0) is 19.3 Å². The summed E-state index contributed by atoms with van der Waals surface area (Å²) in [4.78, 5) is 6.22. The summed E-state index contributed by atoms with van der Waals surface area (Å²) in [5.74, 6) is 0.797. The first-order chi connectivity index (χ1) is 8.96. The quantitative estimate of drug-likeness (QED) is 0.369. The third-order valence-corrected chi connectivity index (χ3v) is 3.70. The van der Waals surface area contributed by atoms with E-state index in [1.54, 1.807) is 14.2 Å². The van der Waals surface area contributed by atoms with E-state index in [1.165, 1.54) is 6.26 Å². The van der Waals surface area contributed by atoms with E-state index in [2.05, 4.69) is 15.2 Å². The SMILES string of the molecule is CN=C(NCCS(C)(=O)=O)N1CCOC(COC)C1.I. The number of rotatable bonds is 5. The minimum absolute atomic E-state index is 0. The maximum Gasteiger partial charge on any atom is 0.193 e. The van der Waals surface area contributed by atoms with Gasteiger partial charge in [-0.25, -0.2) is 8.42 Å². The Kier molecular flexibility index (Phi) is 9.68. The fourth-order valence-electron chi connectivity index (χ4n) is 1.88. The van der Waals surface area contributed by atoms with E-state index in [1.807, 2.05) is 0 Å². The number of methoxy groups -OCH3 is 1. The summed E-state index contributed by atoms with van der Waals surface area (Å²) in [5.41, 5.74) is 0. The number of guanidine groups is 1. The normalized spacial score (nSPS) is 20.4. The third kappa shape index (κ3) is 7.60. The maximum atomic E-state index is 11.1. The van der Waals surface area contributed by atoms with Gasteiger partial charge in [0.15, 0.2) is 5.96 Å². The van der Waals surface area contributed by atoms with E-state index in [4.69, 9.17) is 9.47 Å². The highest BCUT2D eigenvalue weighted by molar-refractivity contribution is 14.0. The van der Waals surface area contributed by atoms with Crippen molar-refractivity contribution < 1.29 is 17.9 Å². The van der Waals surface area contributed by atoms with Crippen molar-refractivity contribution in [2.24, 2.45) is 4.99 Å². The summed E-state index contributed by atoms with van der Waals surface area (Å²) in [7, 11) is 0.366. The average Bonchev–Trinajstić information content (AvgIpc) is 2.34. The average molecular weight is 421 g/mol. The van der Waals surface area contributed by atoms with E-state index < -0.39 is 9.84 Å². The highest BCUT2D eigenvalue weighted by Gasteiger charge is 2.22. The molecule has 120 valence electrons. The van der Waals surface area contributed by atoms with Crippen molar-refractivity contribution in [1.29, 1.82) is 0 Å². The van der Waals surface area contributed by atoms with Gasteiger partial charge in [-0.1, -0.05) is 0 Å². The van der Waals surface area contributed by atoms with Gasteiger partial charge in [-0.3, -0.25) is 4.99 Å². The first-order valence-electron chi connectivity index (χ1n) is 6.20. The van der Waals surface area contributed by atoms with Gasteiger partial charge in [0.1, 0.15) is 9.84 Å². The van der Waals surface area contributed by atoms with Gasteiger partial charge in [0.2, 0.25) is 0 Å². The number of morpholine rings is 1. The molecule has 7 nitrogen and oxygen atoms in total. The van der Waals surface area contributed by atoms with Crippen LogP contribution < -0.4 is 5.32 Å². The molecule has 1 aliphatic heterocycles. The van der Waals surface area contributed by atoms with E-state index in [9.17, 15) is 8.42 Å². The summed E-state index contributed by atoms with van der Waals surface area (Å²) < 4.78 is 32.8. The molecule has 1 saturated heterocycles. The van der Waals surface area contributed by atoms with Crippen LogP contribution in [0, 0.1) is 0 Å². The van der Waals surface area contributed by atoms with Crippen LogP contribution in [0.3, 0.4) is 0 Å². The first-order valence-corrected chi connectivity index (χ1v) is 8.26. The van der Waals surface area contributed by atoms with Gasteiger partial charge in [0.25, 0.3) is 0 Å². The van der Waals surface area contributed by atoms with Gasteiger partial charge in [-0.15, -0.1) is 24.0 Å². The molecule has 0 aliphatic carbocycles. The Bertz CT molecular complexity index is 400. The maximum absolute atomic E-state index is 11.1. The minimum Gasteiger partial charge on any atom is -0.382 e. The minimum atomic E-state index is -2.96. The smallest absolute Gasteiger partial charge is 0.193 e. The Morgan fingerprint density at radius 3 is 2.80 bits per heavy atom. The summed E-state index contributed by atoms with van der Waals surface area (Å²) in [5, 5.41) is 3.06. The zero-order valence-electron chi connectivity index (χ0n) is 12.2.